The number of nitrogens with zero attached hydrogens (tertiary/aromatic N) is 1. The van der Waals surface area contributed by atoms with Gasteiger partial charge in [0, 0.05) is 11.3 Å². The van der Waals surface area contributed by atoms with Crippen molar-refractivity contribution in [3.63, 3.8) is 0 Å². The fraction of sp³-hybridized carbons (Fsp3) is 0.375. The van der Waals surface area contributed by atoms with E-state index >= 15 is 0 Å². The Bertz CT molecular complexity index is 623. The van der Waals surface area contributed by atoms with Gasteiger partial charge in [-0.2, -0.15) is 0 Å². The summed E-state index contributed by atoms with van der Waals surface area (Å²) >= 11 is 0. The third kappa shape index (κ3) is 3.48. The van der Waals surface area contributed by atoms with E-state index in [1.54, 1.807) is 6.07 Å². The highest BCUT2D eigenvalue weighted by atomic mass is 19.1. The van der Waals surface area contributed by atoms with E-state index in [4.69, 9.17) is 0 Å². The van der Waals surface area contributed by atoms with E-state index in [-0.39, 0.29) is 5.82 Å². The van der Waals surface area contributed by atoms with Crippen LogP contribution in [0.1, 0.15) is 31.2 Å². The number of hydrogen-bond donors (Lipinski definition) is 2. The first-order valence-corrected chi connectivity index (χ1v) is 7.39. The lowest BCUT2D eigenvalue weighted by molar-refractivity contribution is -0.365. The Balaban J connectivity index is 1.77. The molecule has 1 aromatic heterocycles. The first-order valence-electron chi connectivity index (χ1n) is 7.39. The summed E-state index contributed by atoms with van der Waals surface area (Å²) in [4.78, 5) is 7.73. The molecule has 3 N–H and O–H groups in total. The fourth-order valence-electron chi connectivity index (χ4n) is 2.64. The Morgan fingerprint density at radius 2 is 2.10 bits per heavy atom. The van der Waals surface area contributed by atoms with Crippen LogP contribution in [0, 0.1) is 12.7 Å². The average molecular weight is 287 g/mol. The summed E-state index contributed by atoms with van der Waals surface area (Å²) in [5.41, 5.74) is 1.68. The van der Waals surface area contributed by atoms with Crippen molar-refractivity contribution >= 4 is 17.5 Å². The zero-order valence-corrected chi connectivity index (χ0v) is 12.1. The van der Waals surface area contributed by atoms with Gasteiger partial charge in [0.1, 0.15) is 5.82 Å². The molecule has 21 heavy (non-hydrogen) atoms. The Morgan fingerprint density at radius 3 is 2.86 bits per heavy atom. The maximum atomic E-state index is 13.2. The van der Waals surface area contributed by atoms with Crippen LogP contribution in [0.3, 0.4) is 0 Å². The summed E-state index contributed by atoms with van der Waals surface area (Å²) in [7, 11) is 0. The zero-order chi connectivity index (χ0) is 14.7. The lowest BCUT2D eigenvalue weighted by Crippen LogP contribution is -2.23. The van der Waals surface area contributed by atoms with E-state index in [2.05, 4.69) is 20.6 Å². The Morgan fingerprint density at radius 1 is 1.29 bits per heavy atom. The van der Waals surface area contributed by atoms with E-state index in [9.17, 15) is 4.39 Å². The minimum absolute atomic E-state index is 0.260. The molecular formula is C16H20FN4+. The molecule has 2 aromatic rings. The zero-order valence-electron chi connectivity index (χ0n) is 12.1. The molecule has 0 unspecified atom stereocenters. The highest BCUT2D eigenvalue weighted by molar-refractivity contribution is 5.59. The van der Waals surface area contributed by atoms with Gasteiger partial charge in [0.2, 0.25) is 5.82 Å². The van der Waals surface area contributed by atoms with Crippen LogP contribution in [0.15, 0.2) is 30.5 Å². The highest BCUT2D eigenvalue weighted by Crippen LogP contribution is 2.22. The molecule has 0 radical (unpaired) electrons. The molecule has 1 aliphatic rings. The number of aromatic amines is 1. The molecule has 1 aromatic carbocycles. The van der Waals surface area contributed by atoms with Crippen molar-refractivity contribution < 1.29 is 9.37 Å². The van der Waals surface area contributed by atoms with Gasteiger partial charge in [-0.1, -0.05) is 11.1 Å². The number of nitrogens with one attached hydrogen (secondary N) is 3. The lowest BCUT2D eigenvalue weighted by Gasteiger charge is -2.08. The van der Waals surface area contributed by atoms with Gasteiger partial charge >= 0.3 is 5.95 Å². The van der Waals surface area contributed by atoms with E-state index in [0.29, 0.717) is 11.7 Å². The van der Waals surface area contributed by atoms with Gasteiger partial charge in [-0.05, 0) is 50.8 Å². The van der Waals surface area contributed by atoms with Crippen LogP contribution in [0.2, 0.25) is 0 Å². The second-order valence-corrected chi connectivity index (χ2v) is 5.54. The molecule has 1 heterocycles. The third-order valence-corrected chi connectivity index (χ3v) is 3.81. The van der Waals surface area contributed by atoms with Crippen LogP contribution in [0.5, 0.6) is 0 Å². The van der Waals surface area contributed by atoms with E-state index in [1.807, 2.05) is 19.2 Å². The maximum Gasteiger partial charge on any atom is 0.391 e. The van der Waals surface area contributed by atoms with Crippen molar-refractivity contribution in [2.24, 2.45) is 0 Å². The SMILES string of the molecule is Cc1c[nH+]c(NC2CCCC2)nc1Nc1cccc(F)c1. The normalized spacial score (nSPS) is 15.1. The van der Waals surface area contributed by atoms with E-state index < -0.39 is 0 Å². The molecule has 0 bridgehead atoms. The van der Waals surface area contributed by atoms with Gasteiger partial charge in [0.05, 0.1) is 12.2 Å². The van der Waals surface area contributed by atoms with Gasteiger partial charge in [-0.3, -0.25) is 5.32 Å². The number of hydrogen-bond acceptors (Lipinski definition) is 3. The summed E-state index contributed by atoms with van der Waals surface area (Å²) in [5.74, 6) is 1.23. The van der Waals surface area contributed by atoms with Crippen molar-refractivity contribution in [1.82, 2.24) is 4.98 Å². The molecule has 1 saturated carbocycles. The second kappa shape index (κ2) is 6.08. The molecule has 0 spiro atoms. The van der Waals surface area contributed by atoms with Gasteiger partial charge < -0.3 is 5.32 Å². The summed E-state index contributed by atoms with van der Waals surface area (Å²) < 4.78 is 13.2. The van der Waals surface area contributed by atoms with Crippen LogP contribution >= 0.6 is 0 Å². The lowest BCUT2D eigenvalue weighted by atomic mass is 10.2. The maximum absolute atomic E-state index is 13.2. The quantitative estimate of drug-likeness (QED) is 0.905. The van der Waals surface area contributed by atoms with Crippen LogP contribution in [0.4, 0.5) is 21.8 Å². The van der Waals surface area contributed by atoms with Crippen molar-refractivity contribution in [3.8, 4) is 0 Å². The smallest absolute Gasteiger partial charge is 0.326 e. The minimum Gasteiger partial charge on any atom is -0.326 e. The van der Waals surface area contributed by atoms with E-state index in [0.717, 1.165) is 17.3 Å². The summed E-state index contributed by atoms with van der Waals surface area (Å²) in [6.45, 7) is 1.96. The summed E-state index contributed by atoms with van der Waals surface area (Å²) in [6, 6.07) is 6.89. The molecule has 110 valence electrons. The minimum atomic E-state index is -0.260. The predicted molar refractivity (Wildman–Crippen MR) is 81.1 cm³/mol. The molecule has 1 aliphatic carbocycles. The van der Waals surface area contributed by atoms with Gasteiger partial charge in [-0.25, -0.2) is 9.37 Å². The largest absolute Gasteiger partial charge is 0.391 e. The first-order chi connectivity index (χ1) is 10.2. The van der Waals surface area contributed by atoms with E-state index in [1.165, 1.54) is 37.8 Å². The molecule has 0 aliphatic heterocycles. The number of rotatable bonds is 4. The van der Waals surface area contributed by atoms with Gasteiger partial charge in [-0.15, -0.1) is 0 Å². The molecule has 0 atom stereocenters. The van der Waals surface area contributed by atoms with Crippen molar-refractivity contribution in [3.05, 3.63) is 41.8 Å². The topological polar surface area (TPSA) is 51.1 Å². The highest BCUT2D eigenvalue weighted by Gasteiger charge is 2.20. The predicted octanol–water partition coefficient (Wildman–Crippen LogP) is 3.44. The monoisotopic (exact) mass is 287 g/mol. The summed E-state index contributed by atoms with van der Waals surface area (Å²) in [5, 5.41) is 6.59. The molecule has 3 rings (SSSR count). The Labute approximate surface area is 123 Å². The molecule has 1 fully saturated rings. The Kier molecular flexibility index (Phi) is 3.99. The van der Waals surface area contributed by atoms with Crippen LogP contribution in [-0.4, -0.2) is 11.0 Å². The number of halogens is 1. The number of H-pyrrole nitrogens is 1. The molecule has 0 amide bonds. The summed E-state index contributed by atoms with van der Waals surface area (Å²) in [6.07, 6.45) is 6.84. The molecule has 5 heteroatoms. The molecule has 4 nitrogen and oxygen atoms in total. The first kappa shape index (κ1) is 13.8. The van der Waals surface area contributed by atoms with Gasteiger partial charge in [0.25, 0.3) is 0 Å². The standard InChI is InChI=1S/C16H19FN4/c1-11-10-18-16(20-13-6-2-3-7-13)21-15(11)19-14-8-4-5-12(17)9-14/h4-5,8-10,13H,2-3,6-7H2,1H3,(H2,18,19,20,21)/p+1. The number of aromatic nitrogens is 2. The molecular weight excluding hydrogens is 267 g/mol. The third-order valence-electron chi connectivity index (χ3n) is 3.81. The van der Waals surface area contributed by atoms with Gasteiger partial charge in [0.15, 0.2) is 0 Å². The van der Waals surface area contributed by atoms with Crippen LogP contribution < -0.4 is 15.6 Å². The van der Waals surface area contributed by atoms with Crippen molar-refractivity contribution in [1.29, 1.82) is 0 Å². The fourth-order valence-corrected chi connectivity index (χ4v) is 2.64. The second-order valence-electron chi connectivity index (χ2n) is 5.54. The number of anilines is 3. The number of benzene rings is 1. The number of aryl methyl sites for hydroxylation is 1. The average Bonchev–Trinajstić information content (AvgIpc) is 2.95. The Hall–Kier alpha value is -2.17. The van der Waals surface area contributed by atoms with Crippen LogP contribution in [-0.2, 0) is 0 Å². The molecule has 0 saturated heterocycles. The van der Waals surface area contributed by atoms with Crippen LogP contribution in [0.25, 0.3) is 0 Å². The van der Waals surface area contributed by atoms with Crippen molar-refractivity contribution in [2.45, 2.75) is 38.6 Å². The van der Waals surface area contributed by atoms with Crippen molar-refractivity contribution in [2.75, 3.05) is 10.6 Å².